The Morgan fingerprint density at radius 2 is 1.86 bits per heavy atom. The molecule has 0 aliphatic heterocycles. The minimum Gasteiger partial charge on any atom is -0.381 e. The number of aromatic amines is 1. The predicted octanol–water partition coefficient (Wildman–Crippen LogP) is 5.24. The summed E-state index contributed by atoms with van der Waals surface area (Å²) in [6.07, 6.45) is 4.75. The maximum absolute atomic E-state index is 15.0. The van der Waals surface area contributed by atoms with Crippen molar-refractivity contribution < 1.29 is 13.9 Å². The first kappa shape index (κ1) is 23.4. The second-order valence-corrected chi connectivity index (χ2v) is 9.69. The Hall–Kier alpha value is -3.31. The lowest BCUT2D eigenvalue weighted by Gasteiger charge is -2.36. The van der Waals surface area contributed by atoms with E-state index < -0.39 is 17.2 Å². The van der Waals surface area contributed by atoms with Crippen LogP contribution < -0.4 is 4.90 Å². The van der Waals surface area contributed by atoms with Gasteiger partial charge in [0, 0.05) is 44.5 Å². The third-order valence-electron chi connectivity index (χ3n) is 6.00. The van der Waals surface area contributed by atoms with Gasteiger partial charge >= 0.3 is 0 Å². The van der Waals surface area contributed by atoms with Crippen LogP contribution in [0.1, 0.15) is 11.1 Å². The van der Waals surface area contributed by atoms with Gasteiger partial charge in [-0.05, 0) is 64.6 Å². The summed E-state index contributed by atoms with van der Waals surface area (Å²) < 4.78 is 31.2. The Bertz CT molecular complexity index is 1440. The van der Waals surface area contributed by atoms with Gasteiger partial charge in [0.2, 0.25) is 0 Å². The van der Waals surface area contributed by atoms with Gasteiger partial charge < -0.3 is 15.0 Å². The lowest BCUT2D eigenvalue weighted by atomic mass is 9.91. The highest BCUT2D eigenvalue weighted by molar-refractivity contribution is 14.1. The maximum Gasteiger partial charge on any atom is 0.137 e. The Kier molecular flexibility index (Phi) is 6.52. The fraction of sp³-hybridized carbons (Fsp3) is 0.154. The normalized spacial score (nSPS) is 13.1. The number of halogens is 3. The summed E-state index contributed by atoms with van der Waals surface area (Å²) in [4.78, 5) is 9.22. The van der Waals surface area contributed by atoms with E-state index in [1.165, 1.54) is 23.4 Å². The monoisotopic (exact) mass is 585 g/mol. The molecule has 6 nitrogen and oxygen atoms in total. The number of hydrogen-bond donors (Lipinski definition) is 2. The molecule has 0 aliphatic rings. The summed E-state index contributed by atoms with van der Waals surface area (Å²) in [5.41, 5.74) is 1.15. The molecule has 0 fully saturated rings. The molecular weight excluding hydrogens is 563 g/mol. The molecule has 0 amide bonds. The number of para-hydroxylation sites is 1. The molecule has 178 valence electrons. The van der Waals surface area contributed by atoms with Gasteiger partial charge in [-0.15, -0.1) is 0 Å². The van der Waals surface area contributed by atoms with E-state index in [0.717, 1.165) is 37.9 Å². The highest BCUT2D eigenvalue weighted by atomic mass is 127. The number of rotatable bonds is 8. The van der Waals surface area contributed by atoms with Crippen LogP contribution in [-0.2, 0) is 18.7 Å². The van der Waals surface area contributed by atoms with E-state index in [1.54, 1.807) is 0 Å². The number of nitrogens with zero attached hydrogens (tertiary/aromatic N) is 4. The maximum atomic E-state index is 15.0. The quantitative estimate of drug-likeness (QED) is 0.245. The number of anilines is 1. The molecular formula is C26H22F2IN5O. The lowest BCUT2D eigenvalue weighted by Crippen LogP contribution is -2.44. The molecule has 2 aromatic heterocycles. The van der Waals surface area contributed by atoms with Crippen LogP contribution in [0.2, 0.25) is 0 Å². The molecule has 0 spiro atoms. The molecule has 9 heteroatoms. The number of aromatic nitrogens is 4. The second kappa shape index (κ2) is 9.74. The molecule has 1 unspecified atom stereocenters. The number of nitrogens with one attached hydrogen (secondary N) is 1. The third-order valence-corrected chi connectivity index (χ3v) is 6.72. The average Bonchev–Trinajstić information content (AvgIpc) is 3.49. The van der Waals surface area contributed by atoms with Crippen molar-refractivity contribution in [2.75, 3.05) is 11.4 Å². The van der Waals surface area contributed by atoms with Crippen LogP contribution in [-0.4, -0.2) is 31.4 Å². The fourth-order valence-corrected chi connectivity index (χ4v) is 4.70. The van der Waals surface area contributed by atoms with E-state index in [-0.39, 0.29) is 18.7 Å². The van der Waals surface area contributed by atoms with Crippen molar-refractivity contribution in [2.24, 2.45) is 0 Å². The Morgan fingerprint density at radius 1 is 1.06 bits per heavy atom. The number of hydrogen-bond acceptors (Lipinski definition) is 4. The Morgan fingerprint density at radius 3 is 2.60 bits per heavy atom. The zero-order valence-corrected chi connectivity index (χ0v) is 20.7. The molecule has 0 bridgehead atoms. The van der Waals surface area contributed by atoms with Crippen LogP contribution in [0.3, 0.4) is 0 Å². The van der Waals surface area contributed by atoms with Crippen molar-refractivity contribution in [3.05, 3.63) is 112 Å². The van der Waals surface area contributed by atoms with Gasteiger partial charge in [0.1, 0.15) is 29.9 Å². The third kappa shape index (κ3) is 5.06. The highest BCUT2D eigenvalue weighted by Gasteiger charge is 2.36. The molecule has 0 saturated carbocycles. The second-order valence-electron chi connectivity index (χ2n) is 8.44. The van der Waals surface area contributed by atoms with E-state index in [4.69, 9.17) is 0 Å². The fourth-order valence-electron chi connectivity index (χ4n) is 4.34. The van der Waals surface area contributed by atoms with Gasteiger partial charge in [-0.25, -0.2) is 18.4 Å². The first-order valence-corrected chi connectivity index (χ1v) is 12.0. The van der Waals surface area contributed by atoms with E-state index >= 15 is 0 Å². The van der Waals surface area contributed by atoms with Crippen molar-refractivity contribution in [2.45, 2.75) is 18.7 Å². The van der Waals surface area contributed by atoms with Crippen molar-refractivity contribution in [1.82, 2.24) is 19.7 Å². The molecule has 2 heterocycles. The van der Waals surface area contributed by atoms with Crippen LogP contribution in [0.4, 0.5) is 14.5 Å². The van der Waals surface area contributed by atoms with Crippen molar-refractivity contribution in [3.63, 3.8) is 0 Å². The summed E-state index contributed by atoms with van der Waals surface area (Å²) >= 11 is 2.24. The van der Waals surface area contributed by atoms with Crippen LogP contribution in [0.5, 0.6) is 0 Å². The molecule has 3 aromatic carbocycles. The zero-order valence-electron chi connectivity index (χ0n) is 18.6. The molecule has 5 aromatic rings. The molecule has 2 N–H and O–H groups in total. The SMILES string of the molecule is OC(CN(Cc1c[nH]c2ccccc12)c1ccc(I)cc1)(Cn1cncn1)c1ccc(F)cc1F. The smallest absolute Gasteiger partial charge is 0.137 e. The summed E-state index contributed by atoms with van der Waals surface area (Å²) in [5, 5.41) is 17.1. The lowest BCUT2D eigenvalue weighted by molar-refractivity contribution is 0.0182. The van der Waals surface area contributed by atoms with Gasteiger partial charge in [0.05, 0.1) is 13.1 Å². The zero-order chi connectivity index (χ0) is 24.4. The molecule has 0 aliphatic carbocycles. The summed E-state index contributed by atoms with van der Waals surface area (Å²) in [6, 6.07) is 19.1. The highest BCUT2D eigenvalue weighted by Crippen LogP contribution is 2.32. The largest absolute Gasteiger partial charge is 0.381 e. The Labute approximate surface area is 214 Å². The van der Waals surface area contributed by atoms with E-state index in [9.17, 15) is 13.9 Å². The van der Waals surface area contributed by atoms with Crippen LogP contribution in [0.15, 0.2) is 85.6 Å². The number of aliphatic hydroxyl groups is 1. The van der Waals surface area contributed by atoms with Crippen LogP contribution in [0.25, 0.3) is 10.9 Å². The molecule has 5 rings (SSSR count). The Balaban J connectivity index is 1.58. The van der Waals surface area contributed by atoms with Gasteiger partial charge in [-0.3, -0.25) is 0 Å². The number of fused-ring (bicyclic) bond motifs is 1. The number of benzene rings is 3. The predicted molar refractivity (Wildman–Crippen MR) is 139 cm³/mol. The topological polar surface area (TPSA) is 70.0 Å². The molecule has 1 atom stereocenters. The minimum atomic E-state index is -1.74. The first-order valence-electron chi connectivity index (χ1n) is 11.0. The molecule has 0 radical (unpaired) electrons. The van der Waals surface area contributed by atoms with Crippen molar-refractivity contribution in [3.8, 4) is 0 Å². The van der Waals surface area contributed by atoms with E-state index in [1.807, 2.05) is 59.6 Å². The van der Waals surface area contributed by atoms with E-state index in [2.05, 4.69) is 37.7 Å². The molecule has 0 saturated heterocycles. The summed E-state index contributed by atoms with van der Waals surface area (Å²) in [5.74, 6) is -1.52. The first-order chi connectivity index (χ1) is 16.9. The van der Waals surface area contributed by atoms with E-state index in [0.29, 0.717) is 6.54 Å². The summed E-state index contributed by atoms with van der Waals surface area (Å²) in [7, 11) is 0. The van der Waals surface area contributed by atoms with Gasteiger partial charge in [0.25, 0.3) is 0 Å². The minimum absolute atomic E-state index is 0.0103. The summed E-state index contributed by atoms with van der Waals surface area (Å²) in [6.45, 7) is 0.410. The van der Waals surface area contributed by atoms with Crippen LogP contribution in [0, 0.1) is 15.2 Å². The van der Waals surface area contributed by atoms with Crippen molar-refractivity contribution >= 4 is 39.2 Å². The van der Waals surface area contributed by atoms with Gasteiger partial charge in [-0.1, -0.05) is 24.3 Å². The number of H-pyrrole nitrogens is 1. The average molecular weight is 585 g/mol. The van der Waals surface area contributed by atoms with Crippen molar-refractivity contribution in [1.29, 1.82) is 0 Å². The molecule has 35 heavy (non-hydrogen) atoms. The van der Waals surface area contributed by atoms with Gasteiger partial charge in [0.15, 0.2) is 0 Å². The van der Waals surface area contributed by atoms with Crippen LogP contribution >= 0.6 is 22.6 Å². The van der Waals surface area contributed by atoms with Gasteiger partial charge in [-0.2, -0.15) is 5.10 Å². The standard InChI is InChI=1S/C26H22F2IN5O/c27-19-5-10-23(24(28)11-19)26(35,15-34-17-30-16-32-34)14-33(21-8-6-20(29)7-9-21)13-18-12-31-25-4-2-1-3-22(18)25/h1-12,16-17,31,35H,13-15H2.